The molecule has 132 valence electrons. The van der Waals surface area contributed by atoms with E-state index in [0.29, 0.717) is 0 Å². The van der Waals surface area contributed by atoms with Gasteiger partial charge in [-0.3, -0.25) is 14.5 Å². The fourth-order valence-electron chi connectivity index (χ4n) is 3.94. The van der Waals surface area contributed by atoms with Crippen molar-refractivity contribution in [3.63, 3.8) is 0 Å². The van der Waals surface area contributed by atoms with Gasteiger partial charge in [-0.15, -0.1) is 0 Å². The molecule has 0 aromatic heterocycles. The molecule has 0 spiro atoms. The molecule has 0 N–H and O–H groups in total. The highest BCUT2D eigenvalue weighted by Crippen LogP contribution is 2.34. The first-order chi connectivity index (χ1) is 12.1. The Kier molecular flexibility index (Phi) is 3.98. The van der Waals surface area contributed by atoms with E-state index in [-0.39, 0.29) is 43.0 Å². The zero-order chi connectivity index (χ0) is 17.6. The Bertz CT molecular complexity index is 728. The number of carbonyl (C=O) groups excluding carboxylic acids is 3. The average molecular weight is 341 g/mol. The van der Waals surface area contributed by atoms with Crippen LogP contribution in [0, 0.1) is 0 Å². The maximum Gasteiger partial charge on any atom is 0.327 e. The molecular weight excluding hydrogens is 318 g/mol. The molecule has 1 aromatic rings. The minimum atomic E-state index is -0.307. The van der Waals surface area contributed by atoms with Crippen molar-refractivity contribution < 1.29 is 14.4 Å². The van der Waals surface area contributed by atoms with E-state index >= 15 is 0 Å². The van der Waals surface area contributed by atoms with Crippen molar-refractivity contribution in [2.75, 3.05) is 20.1 Å². The van der Waals surface area contributed by atoms with Gasteiger partial charge in [-0.05, 0) is 43.2 Å². The van der Waals surface area contributed by atoms with Crippen LogP contribution < -0.4 is 0 Å². The van der Waals surface area contributed by atoms with Gasteiger partial charge in [-0.2, -0.15) is 0 Å². The summed E-state index contributed by atoms with van der Waals surface area (Å²) in [5.74, 6) is -0.441. The molecule has 0 radical (unpaired) electrons. The molecule has 3 aliphatic rings. The molecule has 2 aliphatic carbocycles. The lowest BCUT2D eigenvalue weighted by Gasteiger charge is -2.34. The Balaban J connectivity index is 1.46. The van der Waals surface area contributed by atoms with Crippen LogP contribution in [0.5, 0.6) is 0 Å². The van der Waals surface area contributed by atoms with E-state index in [2.05, 4.69) is 12.1 Å². The highest BCUT2D eigenvalue weighted by atomic mass is 16.2. The van der Waals surface area contributed by atoms with Crippen molar-refractivity contribution >= 4 is 17.8 Å². The van der Waals surface area contributed by atoms with E-state index in [1.807, 2.05) is 12.1 Å². The van der Waals surface area contributed by atoms with Crippen LogP contribution >= 0.6 is 0 Å². The van der Waals surface area contributed by atoms with Crippen LogP contribution in [0.15, 0.2) is 24.3 Å². The third-order valence-corrected chi connectivity index (χ3v) is 5.56. The molecule has 6 heteroatoms. The molecule has 1 saturated carbocycles. The molecule has 1 unspecified atom stereocenters. The first-order valence-electron chi connectivity index (χ1n) is 9.00. The summed E-state index contributed by atoms with van der Waals surface area (Å²) in [6, 6.07) is 8.11. The Morgan fingerprint density at radius 2 is 1.96 bits per heavy atom. The molecule has 4 rings (SSSR count). The Hall–Kier alpha value is -2.37. The number of nitrogens with zero attached hydrogens (tertiary/aromatic N) is 3. The van der Waals surface area contributed by atoms with E-state index < -0.39 is 0 Å². The fourth-order valence-corrected chi connectivity index (χ4v) is 3.94. The van der Waals surface area contributed by atoms with E-state index in [0.717, 1.165) is 37.0 Å². The molecule has 4 amide bonds. The second kappa shape index (κ2) is 6.17. The van der Waals surface area contributed by atoms with Gasteiger partial charge >= 0.3 is 6.03 Å². The Morgan fingerprint density at radius 3 is 2.72 bits per heavy atom. The SMILES string of the molecule is CN(C(=O)CN1C(=O)CN(C2CC2)C1=O)C1CCCc2ccccc21. The average Bonchev–Trinajstić information content (AvgIpc) is 3.43. The lowest BCUT2D eigenvalue weighted by Crippen LogP contribution is -2.44. The molecule has 6 nitrogen and oxygen atoms in total. The monoisotopic (exact) mass is 341 g/mol. The number of aryl methyl sites for hydroxylation is 1. The normalized spacial score (nSPS) is 23.0. The molecule has 25 heavy (non-hydrogen) atoms. The Labute approximate surface area is 147 Å². The molecular formula is C19H23N3O3. The summed E-state index contributed by atoms with van der Waals surface area (Å²) >= 11 is 0. The van der Waals surface area contributed by atoms with Crippen LogP contribution in [0.1, 0.15) is 42.9 Å². The van der Waals surface area contributed by atoms with Gasteiger partial charge in [0.1, 0.15) is 13.1 Å². The summed E-state index contributed by atoms with van der Waals surface area (Å²) in [6.45, 7) is -0.0389. The largest absolute Gasteiger partial charge is 0.337 e. The second-order valence-electron chi connectivity index (χ2n) is 7.23. The fraction of sp³-hybridized carbons (Fsp3) is 0.526. The van der Waals surface area contributed by atoms with Crippen LogP contribution in [0.3, 0.4) is 0 Å². The zero-order valence-corrected chi connectivity index (χ0v) is 14.5. The van der Waals surface area contributed by atoms with E-state index in [1.54, 1.807) is 16.8 Å². The predicted octanol–water partition coefficient (Wildman–Crippen LogP) is 1.95. The number of carbonyl (C=O) groups is 3. The van der Waals surface area contributed by atoms with Gasteiger partial charge in [0.15, 0.2) is 0 Å². The number of fused-ring (bicyclic) bond motifs is 1. The number of urea groups is 1. The van der Waals surface area contributed by atoms with Gasteiger partial charge in [0.2, 0.25) is 5.91 Å². The maximum absolute atomic E-state index is 12.8. The van der Waals surface area contributed by atoms with E-state index in [1.165, 1.54) is 11.1 Å². The molecule has 1 heterocycles. The minimum Gasteiger partial charge on any atom is -0.337 e. The first kappa shape index (κ1) is 16.1. The van der Waals surface area contributed by atoms with Gasteiger partial charge < -0.3 is 9.80 Å². The van der Waals surface area contributed by atoms with Gasteiger partial charge in [0, 0.05) is 13.1 Å². The van der Waals surface area contributed by atoms with Crippen LogP contribution in [-0.2, 0) is 16.0 Å². The first-order valence-corrected chi connectivity index (χ1v) is 9.00. The molecule has 1 aliphatic heterocycles. The lowest BCUT2D eigenvalue weighted by molar-refractivity contribution is -0.137. The van der Waals surface area contributed by atoms with Crippen molar-refractivity contribution in [3.8, 4) is 0 Å². The van der Waals surface area contributed by atoms with Gasteiger partial charge in [0.25, 0.3) is 5.91 Å². The molecule has 1 atom stereocenters. The third-order valence-electron chi connectivity index (χ3n) is 5.56. The van der Waals surface area contributed by atoms with Crippen molar-refractivity contribution in [2.24, 2.45) is 0 Å². The highest BCUT2D eigenvalue weighted by molar-refractivity contribution is 6.04. The maximum atomic E-state index is 12.8. The van der Waals surface area contributed by atoms with Crippen molar-refractivity contribution in [3.05, 3.63) is 35.4 Å². The van der Waals surface area contributed by atoms with Gasteiger partial charge in [0.05, 0.1) is 6.04 Å². The van der Waals surface area contributed by atoms with Gasteiger partial charge in [-0.25, -0.2) is 4.79 Å². The zero-order valence-electron chi connectivity index (χ0n) is 14.5. The summed E-state index contributed by atoms with van der Waals surface area (Å²) in [4.78, 5) is 41.7. The lowest BCUT2D eigenvalue weighted by atomic mass is 9.87. The van der Waals surface area contributed by atoms with Crippen LogP contribution in [-0.4, -0.2) is 58.7 Å². The quantitative estimate of drug-likeness (QED) is 0.787. The number of likely N-dealkylation sites (N-methyl/N-ethyl adjacent to an activating group) is 1. The third kappa shape index (κ3) is 2.90. The second-order valence-corrected chi connectivity index (χ2v) is 7.23. The predicted molar refractivity (Wildman–Crippen MR) is 91.7 cm³/mol. The summed E-state index contributed by atoms with van der Waals surface area (Å²) in [6.07, 6.45) is 4.90. The van der Waals surface area contributed by atoms with Crippen LogP contribution in [0.4, 0.5) is 4.79 Å². The molecule has 2 fully saturated rings. The van der Waals surface area contributed by atoms with Gasteiger partial charge in [-0.1, -0.05) is 24.3 Å². The van der Waals surface area contributed by atoms with Crippen molar-refractivity contribution in [2.45, 2.75) is 44.2 Å². The summed E-state index contributed by atoms with van der Waals surface area (Å²) < 4.78 is 0. The topological polar surface area (TPSA) is 60.9 Å². The number of hydrogen-bond acceptors (Lipinski definition) is 3. The van der Waals surface area contributed by atoms with E-state index in [4.69, 9.17) is 0 Å². The molecule has 1 saturated heterocycles. The number of rotatable bonds is 4. The highest BCUT2D eigenvalue weighted by Gasteiger charge is 2.44. The molecule has 1 aromatic carbocycles. The van der Waals surface area contributed by atoms with Crippen LogP contribution in [0.25, 0.3) is 0 Å². The summed E-state index contributed by atoms with van der Waals surface area (Å²) in [7, 11) is 1.78. The van der Waals surface area contributed by atoms with Crippen molar-refractivity contribution in [1.82, 2.24) is 14.7 Å². The summed E-state index contributed by atoms with van der Waals surface area (Å²) in [5.41, 5.74) is 2.47. The number of benzene rings is 1. The van der Waals surface area contributed by atoms with Crippen LogP contribution in [0.2, 0.25) is 0 Å². The van der Waals surface area contributed by atoms with E-state index in [9.17, 15) is 14.4 Å². The number of hydrogen-bond donors (Lipinski definition) is 0. The molecule has 0 bridgehead atoms. The minimum absolute atomic E-state index is 0.0183. The van der Waals surface area contributed by atoms with Crippen molar-refractivity contribution in [1.29, 1.82) is 0 Å². The number of imide groups is 1. The standard InChI is InChI=1S/C19H23N3O3/c1-20(16-8-4-6-13-5-2-3-7-15(13)16)17(23)11-22-18(24)12-21(19(22)25)14-9-10-14/h2-3,5,7,14,16H,4,6,8-12H2,1H3. The number of amides is 4. The summed E-state index contributed by atoms with van der Waals surface area (Å²) in [5, 5.41) is 0. The smallest absolute Gasteiger partial charge is 0.327 e. The Morgan fingerprint density at radius 1 is 1.20 bits per heavy atom.